The fourth-order valence-corrected chi connectivity index (χ4v) is 10.1. The van der Waals surface area contributed by atoms with E-state index in [1.165, 1.54) is 186 Å². The van der Waals surface area contributed by atoms with Crippen molar-refractivity contribution in [1.29, 1.82) is 0 Å². The molecule has 11 nitrogen and oxygen atoms in total. The van der Waals surface area contributed by atoms with Crippen molar-refractivity contribution in [3.05, 3.63) is 60.8 Å². The maximum atomic E-state index is 13.0. The molecule has 0 aliphatic carbocycles. The summed E-state index contributed by atoms with van der Waals surface area (Å²) in [4.78, 5) is 25.1. The summed E-state index contributed by atoms with van der Waals surface area (Å²) in [7, 11) is 0. The molecule has 0 spiro atoms. The highest BCUT2D eigenvalue weighted by atomic mass is 16.7. The summed E-state index contributed by atoms with van der Waals surface area (Å²) < 4.78 is 16.7. The third-order valence-corrected chi connectivity index (χ3v) is 15.3. The van der Waals surface area contributed by atoms with Crippen molar-refractivity contribution in [1.82, 2.24) is 5.32 Å². The van der Waals surface area contributed by atoms with Crippen LogP contribution in [0.4, 0.5) is 0 Å². The Labute approximate surface area is 484 Å². The van der Waals surface area contributed by atoms with Crippen molar-refractivity contribution >= 4 is 11.9 Å². The summed E-state index contributed by atoms with van der Waals surface area (Å²) in [6.07, 6.45) is 64.8. The molecule has 0 bridgehead atoms. The maximum absolute atomic E-state index is 13.0. The molecule has 1 aliphatic heterocycles. The number of aliphatic hydroxyl groups excluding tert-OH is 5. The Hall–Kier alpha value is -2.64. The molecule has 1 rings (SSSR count). The average Bonchev–Trinajstić information content (AvgIpc) is 3.49. The minimum atomic E-state index is -1.58. The van der Waals surface area contributed by atoms with Gasteiger partial charge in [0.05, 0.1) is 32.0 Å². The number of unbranched alkanes of at least 4 members (excludes halogenated alkanes) is 35. The fourth-order valence-electron chi connectivity index (χ4n) is 10.1. The van der Waals surface area contributed by atoms with E-state index in [0.717, 1.165) is 83.5 Å². The lowest BCUT2D eigenvalue weighted by Gasteiger charge is -2.40. The third kappa shape index (κ3) is 46.5. The standard InChI is InChI=1S/C68H123NO10/c1-3-5-7-9-11-13-15-31-35-38-42-46-50-54-61(71)60(59-78-68-67(76)66(75)65(74)62(58-70)79-68)69-63(72)55-51-47-43-39-36-32-29-27-25-23-21-19-17-16-18-20-22-24-26-28-30-33-37-41-45-49-53-57-77-64(73)56-52-48-44-40-34-14-12-10-8-6-4-2/h11,13,16-17,20,22,35,38,50,54,60-62,65-68,70-71,74-76H,3-10,12,14-15,18-19,21,23-34,36-37,39-49,51-53,55-59H2,1-2H3,(H,69,72)/b13-11+,17-16-,22-20-,38-35+,54-50+. The second kappa shape index (κ2) is 57.2. The number of hydrogen-bond donors (Lipinski definition) is 6. The predicted molar refractivity (Wildman–Crippen MR) is 329 cm³/mol. The number of rotatable bonds is 57. The molecule has 1 heterocycles. The van der Waals surface area contributed by atoms with E-state index in [-0.39, 0.29) is 18.5 Å². The number of carbonyl (C=O) groups excluding carboxylic acids is 2. The number of carbonyl (C=O) groups is 2. The maximum Gasteiger partial charge on any atom is 0.305 e. The summed E-state index contributed by atoms with van der Waals surface area (Å²) in [5, 5.41) is 54.4. The SMILES string of the molecule is CCCCC/C=C/CC/C=C/CC/C=C/C(O)C(COC1OC(CO)C(O)C(O)C1O)NC(=O)CCCCCCCCCCCCC/C=C\C/C=C\CCCCCCCCCCCOC(=O)CCCCCCCCCCCCC. The summed E-state index contributed by atoms with van der Waals surface area (Å²) in [5.41, 5.74) is 0. The van der Waals surface area contributed by atoms with Gasteiger partial charge in [0, 0.05) is 12.8 Å². The van der Waals surface area contributed by atoms with Gasteiger partial charge in [0.15, 0.2) is 6.29 Å². The van der Waals surface area contributed by atoms with Crippen LogP contribution in [0.15, 0.2) is 60.8 Å². The van der Waals surface area contributed by atoms with Gasteiger partial charge in [-0.1, -0.05) is 254 Å². The monoisotopic (exact) mass is 1110 g/mol. The van der Waals surface area contributed by atoms with Crippen LogP contribution in [0.2, 0.25) is 0 Å². The fraction of sp³-hybridized carbons (Fsp3) is 0.824. The molecule has 11 heteroatoms. The summed E-state index contributed by atoms with van der Waals surface area (Å²) in [6, 6.07) is -0.838. The molecule has 6 N–H and O–H groups in total. The summed E-state index contributed by atoms with van der Waals surface area (Å²) in [5.74, 6) is -0.201. The van der Waals surface area contributed by atoms with E-state index < -0.39 is 49.5 Å². The van der Waals surface area contributed by atoms with E-state index in [1.807, 2.05) is 6.08 Å². The highest BCUT2D eigenvalue weighted by Gasteiger charge is 2.44. The van der Waals surface area contributed by atoms with Crippen LogP contribution in [0.25, 0.3) is 0 Å². The Morgan fingerprint density at radius 3 is 1.35 bits per heavy atom. The van der Waals surface area contributed by atoms with Crippen molar-refractivity contribution in [3.8, 4) is 0 Å². The van der Waals surface area contributed by atoms with Crippen molar-refractivity contribution in [2.45, 2.75) is 339 Å². The highest BCUT2D eigenvalue weighted by Crippen LogP contribution is 2.23. The Kier molecular flexibility index (Phi) is 53.8. The van der Waals surface area contributed by atoms with Crippen LogP contribution in [-0.4, -0.2) is 100 Å². The Balaban J connectivity index is 2.04. The van der Waals surface area contributed by atoms with Crippen molar-refractivity contribution < 1.29 is 49.3 Å². The Morgan fingerprint density at radius 1 is 0.468 bits per heavy atom. The number of ether oxygens (including phenoxy) is 3. The van der Waals surface area contributed by atoms with Gasteiger partial charge in [-0.15, -0.1) is 0 Å². The molecule has 460 valence electrons. The third-order valence-electron chi connectivity index (χ3n) is 15.3. The minimum absolute atomic E-state index is 0.000220. The van der Waals surface area contributed by atoms with Gasteiger partial charge < -0.3 is 45.1 Å². The number of nitrogens with one attached hydrogen (secondary N) is 1. The topological polar surface area (TPSA) is 175 Å². The molecule has 1 aliphatic rings. The molecule has 0 saturated carbocycles. The van der Waals surface area contributed by atoms with Gasteiger partial charge >= 0.3 is 5.97 Å². The molecular formula is C68H123NO10. The van der Waals surface area contributed by atoms with Gasteiger partial charge in [0.1, 0.15) is 24.4 Å². The van der Waals surface area contributed by atoms with Crippen LogP contribution in [-0.2, 0) is 23.8 Å². The van der Waals surface area contributed by atoms with Gasteiger partial charge in [-0.05, 0) is 89.9 Å². The molecule has 7 unspecified atom stereocenters. The normalized spacial score (nSPS) is 18.8. The second-order valence-electron chi connectivity index (χ2n) is 22.8. The molecule has 1 saturated heterocycles. The van der Waals surface area contributed by atoms with E-state index in [0.29, 0.717) is 19.4 Å². The van der Waals surface area contributed by atoms with Gasteiger partial charge in [-0.25, -0.2) is 0 Å². The van der Waals surface area contributed by atoms with E-state index in [4.69, 9.17) is 14.2 Å². The lowest BCUT2D eigenvalue weighted by molar-refractivity contribution is -0.302. The molecular weight excluding hydrogens is 991 g/mol. The number of esters is 1. The molecule has 1 fully saturated rings. The molecule has 0 aromatic carbocycles. The minimum Gasteiger partial charge on any atom is -0.466 e. The molecule has 7 atom stereocenters. The lowest BCUT2D eigenvalue weighted by atomic mass is 9.99. The predicted octanol–water partition coefficient (Wildman–Crippen LogP) is 16.2. The van der Waals surface area contributed by atoms with E-state index >= 15 is 0 Å². The van der Waals surface area contributed by atoms with Gasteiger partial charge in [-0.2, -0.15) is 0 Å². The number of aliphatic hydroxyl groups is 5. The van der Waals surface area contributed by atoms with Crippen molar-refractivity contribution in [3.63, 3.8) is 0 Å². The molecule has 0 aromatic heterocycles. The number of amides is 1. The van der Waals surface area contributed by atoms with Crippen molar-refractivity contribution in [2.75, 3.05) is 19.8 Å². The van der Waals surface area contributed by atoms with Crippen LogP contribution in [0.1, 0.15) is 296 Å². The quantitative estimate of drug-likeness (QED) is 0.0195. The van der Waals surface area contributed by atoms with Gasteiger partial charge in [-0.3, -0.25) is 9.59 Å². The molecule has 0 aromatic rings. The number of allylic oxidation sites excluding steroid dienone is 9. The van der Waals surface area contributed by atoms with Gasteiger partial charge in [0.25, 0.3) is 0 Å². The first-order valence-corrected chi connectivity index (χ1v) is 33.1. The van der Waals surface area contributed by atoms with E-state index in [1.54, 1.807) is 6.08 Å². The molecule has 79 heavy (non-hydrogen) atoms. The zero-order valence-corrected chi connectivity index (χ0v) is 50.8. The smallest absolute Gasteiger partial charge is 0.305 e. The first-order chi connectivity index (χ1) is 38.7. The van der Waals surface area contributed by atoms with Crippen LogP contribution >= 0.6 is 0 Å². The van der Waals surface area contributed by atoms with Crippen LogP contribution in [0, 0.1) is 0 Å². The first-order valence-electron chi connectivity index (χ1n) is 33.1. The van der Waals surface area contributed by atoms with Crippen LogP contribution < -0.4 is 5.32 Å². The van der Waals surface area contributed by atoms with Crippen LogP contribution in [0.5, 0.6) is 0 Å². The Bertz CT molecular complexity index is 1500. The van der Waals surface area contributed by atoms with E-state index in [9.17, 15) is 35.1 Å². The Morgan fingerprint density at radius 2 is 0.861 bits per heavy atom. The average molecular weight is 1110 g/mol. The largest absolute Gasteiger partial charge is 0.466 e. The second-order valence-corrected chi connectivity index (χ2v) is 22.8. The summed E-state index contributed by atoms with van der Waals surface area (Å²) >= 11 is 0. The molecule has 0 radical (unpaired) electrons. The van der Waals surface area contributed by atoms with Gasteiger partial charge in [0.2, 0.25) is 5.91 Å². The highest BCUT2D eigenvalue weighted by molar-refractivity contribution is 5.76. The zero-order chi connectivity index (χ0) is 57.3. The van der Waals surface area contributed by atoms with Crippen molar-refractivity contribution in [2.24, 2.45) is 0 Å². The number of hydrogen-bond acceptors (Lipinski definition) is 10. The lowest BCUT2D eigenvalue weighted by Crippen LogP contribution is -2.60. The first kappa shape index (κ1) is 74.4. The molecule has 1 amide bonds. The zero-order valence-electron chi connectivity index (χ0n) is 50.8. The summed E-state index contributed by atoms with van der Waals surface area (Å²) in [6.45, 7) is 4.29. The van der Waals surface area contributed by atoms with E-state index in [2.05, 4.69) is 67.8 Å². The van der Waals surface area contributed by atoms with Crippen LogP contribution in [0.3, 0.4) is 0 Å².